The van der Waals surface area contributed by atoms with Gasteiger partial charge < -0.3 is 48.9 Å². The zero-order valence-corrected chi connectivity index (χ0v) is 29.0. The van der Waals surface area contributed by atoms with E-state index in [4.69, 9.17) is 19.9 Å². The summed E-state index contributed by atoms with van der Waals surface area (Å²) in [5, 5.41) is 2.44. The number of rotatable bonds is 8. The number of nitrogens with two attached hydrogens (primary N) is 1. The molecule has 0 saturated heterocycles. The predicted molar refractivity (Wildman–Crippen MR) is 161 cm³/mol. The van der Waals surface area contributed by atoms with Crippen molar-refractivity contribution in [1.82, 2.24) is 5.32 Å². The van der Waals surface area contributed by atoms with Crippen molar-refractivity contribution in [1.29, 1.82) is 0 Å². The first-order valence-corrected chi connectivity index (χ1v) is 13.6. The van der Waals surface area contributed by atoms with Crippen molar-refractivity contribution >= 4 is 42.3 Å². The second kappa shape index (κ2) is 22.0. The molecule has 0 aromatic carbocycles. The molecular weight excluding hydrogens is 616 g/mol. The van der Waals surface area contributed by atoms with Gasteiger partial charge in [-0.2, -0.15) is 0 Å². The second-order valence-electron chi connectivity index (χ2n) is 11.9. The van der Waals surface area contributed by atoms with E-state index in [0.29, 0.717) is 0 Å². The van der Waals surface area contributed by atoms with Crippen LogP contribution in [0.1, 0.15) is 81.6 Å². The third-order valence-electron chi connectivity index (χ3n) is 4.03. The molecule has 17 heteroatoms. The highest BCUT2D eigenvalue weighted by Crippen LogP contribution is 2.12. The van der Waals surface area contributed by atoms with E-state index in [9.17, 15) is 33.6 Å². The van der Waals surface area contributed by atoms with E-state index in [1.807, 2.05) is 0 Å². The van der Waals surface area contributed by atoms with Crippen molar-refractivity contribution in [2.45, 2.75) is 104 Å². The van der Waals surface area contributed by atoms with Gasteiger partial charge in [0.25, 0.3) is 0 Å². The Balaban J connectivity index is -0.000000620. The predicted octanol–water partition coefficient (Wildman–Crippen LogP) is 3.44. The summed E-state index contributed by atoms with van der Waals surface area (Å²) < 4.78 is 36.4. The summed E-state index contributed by atoms with van der Waals surface area (Å²) in [6.07, 6.45) is -2.16. The van der Waals surface area contributed by atoms with Gasteiger partial charge in [-0.1, -0.05) is 0 Å². The van der Waals surface area contributed by atoms with Gasteiger partial charge >= 0.3 is 42.3 Å². The van der Waals surface area contributed by atoms with E-state index in [1.54, 1.807) is 62.3 Å². The molecule has 0 aliphatic heterocycles. The Morgan fingerprint density at radius 2 is 0.978 bits per heavy atom. The molecule has 3 N–H and O–H groups in total. The van der Waals surface area contributed by atoms with Crippen LogP contribution in [0.3, 0.4) is 0 Å². The minimum atomic E-state index is -1.06. The van der Waals surface area contributed by atoms with Crippen molar-refractivity contribution in [3.63, 3.8) is 0 Å². The average molecular weight is 667 g/mol. The highest BCUT2D eigenvalue weighted by Gasteiger charge is 2.25. The quantitative estimate of drug-likeness (QED) is 0.163. The molecule has 0 heterocycles. The minimum Gasteiger partial charge on any atom is -0.469 e. The summed E-state index contributed by atoms with van der Waals surface area (Å²) in [4.78, 5) is 77.1. The lowest BCUT2D eigenvalue weighted by molar-refractivity contribution is -0.143. The summed E-state index contributed by atoms with van der Waals surface area (Å²) in [6.45, 7) is 15.2. The van der Waals surface area contributed by atoms with Gasteiger partial charge in [-0.3, -0.25) is 14.4 Å². The zero-order chi connectivity index (χ0) is 36.9. The van der Waals surface area contributed by atoms with Gasteiger partial charge in [0.1, 0.15) is 16.8 Å². The first-order valence-electron chi connectivity index (χ1n) is 13.6. The first-order chi connectivity index (χ1) is 20.8. The Morgan fingerprint density at radius 1 is 0.609 bits per heavy atom. The lowest BCUT2D eigenvalue weighted by Gasteiger charge is -2.22. The van der Waals surface area contributed by atoms with Crippen LogP contribution in [0.25, 0.3) is 0 Å². The molecule has 0 fully saturated rings. The highest BCUT2D eigenvalue weighted by molar-refractivity contribution is 5.84. The number of nitrogens with one attached hydrogen (secondary N) is 1. The third-order valence-corrected chi connectivity index (χ3v) is 4.03. The molecule has 0 aromatic heterocycles. The summed E-state index contributed by atoms with van der Waals surface area (Å²) >= 11 is 0. The monoisotopic (exact) mass is 666 g/mol. The topological polar surface area (TPSA) is 231 Å². The second-order valence-corrected chi connectivity index (χ2v) is 11.9. The van der Waals surface area contributed by atoms with E-state index in [0.717, 1.165) is 6.08 Å². The molecule has 0 spiro atoms. The molecule has 17 nitrogen and oxygen atoms in total. The maximum absolute atomic E-state index is 11.6. The van der Waals surface area contributed by atoms with Crippen molar-refractivity contribution in [2.75, 3.05) is 28.4 Å². The number of hydrogen-bond acceptors (Lipinski definition) is 16. The van der Waals surface area contributed by atoms with E-state index < -0.39 is 65.1 Å². The maximum Gasteiger partial charge on any atom is 0.519 e. The Morgan fingerprint density at radius 3 is 1.28 bits per heavy atom. The van der Waals surface area contributed by atoms with Gasteiger partial charge in [-0.25, -0.2) is 19.2 Å². The molecular formula is C29H50N2O15. The van der Waals surface area contributed by atoms with E-state index >= 15 is 0 Å². The molecule has 0 saturated carbocycles. The van der Waals surface area contributed by atoms with E-state index in [-0.39, 0.29) is 25.0 Å². The van der Waals surface area contributed by atoms with E-state index in [1.165, 1.54) is 28.4 Å². The number of ether oxygens (including phenoxy) is 8. The van der Waals surface area contributed by atoms with Crippen molar-refractivity contribution in [3.05, 3.63) is 11.8 Å². The van der Waals surface area contributed by atoms with Gasteiger partial charge in [0.15, 0.2) is 0 Å². The Bertz CT molecular complexity index is 1000. The molecule has 0 aliphatic rings. The number of alkyl carbamates (subject to hydrolysis) is 1. The Hall–Kier alpha value is -4.57. The fourth-order valence-corrected chi connectivity index (χ4v) is 2.33. The molecule has 46 heavy (non-hydrogen) atoms. The number of carbonyl (C=O) groups is 7. The van der Waals surface area contributed by atoms with Crippen LogP contribution in [0.5, 0.6) is 0 Å². The average Bonchev–Trinajstić information content (AvgIpc) is 2.85. The first kappa shape index (κ1) is 45.9. The lowest BCUT2D eigenvalue weighted by Crippen LogP contribution is -2.41. The smallest absolute Gasteiger partial charge is 0.469 e. The van der Waals surface area contributed by atoms with Crippen molar-refractivity contribution in [3.8, 4) is 0 Å². The van der Waals surface area contributed by atoms with Crippen molar-refractivity contribution < 1.29 is 71.5 Å². The van der Waals surface area contributed by atoms with Crippen LogP contribution in [-0.2, 0) is 57.1 Å². The van der Waals surface area contributed by atoms with Gasteiger partial charge in [0.2, 0.25) is 0 Å². The van der Waals surface area contributed by atoms with Crippen LogP contribution < -0.4 is 11.1 Å². The van der Waals surface area contributed by atoms with Crippen LogP contribution in [0.4, 0.5) is 14.4 Å². The van der Waals surface area contributed by atoms with Crippen LogP contribution in [0.15, 0.2) is 11.8 Å². The number of methoxy groups -OCH3 is 4. The van der Waals surface area contributed by atoms with Crippen LogP contribution >= 0.6 is 0 Å². The molecule has 0 atom stereocenters. The zero-order valence-electron chi connectivity index (χ0n) is 29.0. The van der Waals surface area contributed by atoms with Gasteiger partial charge in [-0.15, -0.1) is 0 Å². The minimum absolute atomic E-state index is 0.106. The molecule has 0 rings (SSSR count). The fourth-order valence-electron chi connectivity index (χ4n) is 2.33. The normalized spacial score (nSPS) is 11.1. The molecule has 266 valence electrons. The standard InChI is InChI=1S/C12H21NO6.C10H18O5.C7H11NO4/c1-12(2,3)19-11(16)13-8(6-9(14)17-4)7-10(15)18-5;1-9(2,3)14-7(11)13-8(12)15-10(4,5)6;1-11-6(9)3-5(8)4-7(10)12-2/h8H,6-7H2,1-5H3,(H,13,16);1-6H3;3H,4,8H2,1-2H3/b;;5-3-. The molecule has 0 unspecified atom stereocenters. The fraction of sp³-hybridized carbons (Fsp3) is 0.690. The number of hydrogen-bond donors (Lipinski definition) is 2. The Labute approximate surface area is 269 Å². The van der Waals surface area contributed by atoms with Crippen molar-refractivity contribution in [2.24, 2.45) is 5.73 Å². The molecule has 0 aliphatic carbocycles. The number of amides is 1. The SMILES string of the molecule is CC(C)(C)OC(=O)OC(=O)OC(C)(C)C.COC(=O)/C=C(\N)CC(=O)OC.COC(=O)CC(CC(=O)OC)NC(=O)OC(C)(C)C. The summed E-state index contributed by atoms with van der Waals surface area (Å²) in [5.74, 6) is -2.15. The van der Waals surface area contributed by atoms with Crippen LogP contribution in [0.2, 0.25) is 0 Å². The summed E-state index contributed by atoms with van der Waals surface area (Å²) in [6, 6.07) is -0.727. The molecule has 0 radical (unpaired) electrons. The highest BCUT2D eigenvalue weighted by atomic mass is 16.8. The molecule has 1 amide bonds. The number of carbonyl (C=O) groups excluding carboxylic acids is 7. The number of esters is 4. The summed E-state index contributed by atoms with van der Waals surface area (Å²) in [7, 11) is 4.92. The van der Waals surface area contributed by atoms with Gasteiger partial charge in [0.05, 0.1) is 53.7 Å². The van der Waals surface area contributed by atoms with Gasteiger partial charge in [0, 0.05) is 11.8 Å². The van der Waals surface area contributed by atoms with Crippen LogP contribution in [-0.4, -0.2) is 93.6 Å². The molecule has 0 bridgehead atoms. The lowest BCUT2D eigenvalue weighted by atomic mass is 10.1. The molecule has 0 aromatic rings. The Kier molecular flexibility index (Phi) is 21.9. The summed E-state index contributed by atoms with van der Waals surface area (Å²) in [5.41, 5.74) is 3.35. The third kappa shape index (κ3) is 32.3. The van der Waals surface area contributed by atoms with Gasteiger partial charge in [-0.05, 0) is 62.3 Å². The maximum atomic E-state index is 11.6. The van der Waals surface area contributed by atoms with E-state index in [2.05, 4.69) is 29.0 Å². The van der Waals surface area contributed by atoms with Crippen LogP contribution in [0, 0.1) is 0 Å². The largest absolute Gasteiger partial charge is 0.519 e.